The van der Waals surface area contributed by atoms with Crippen molar-refractivity contribution < 1.29 is 28.4 Å². The van der Waals surface area contributed by atoms with E-state index >= 15 is 0 Å². The number of benzene rings is 4. The van der Waals surface area contributed by atoms with Crippen molar-refractivity contribution in [3.05, 3.63) is 215 Å². The fraction of sp³-hybridized carbons (Fsp3) is 0.0909. The van der Waals surface area contributed by atoms with Crippen LogP contribution in [0.2, 0.25) is 0 Å². The topological polar surface area (TPSA) is 55.4 Å². The van der Waals surface area contributed by atoms with Gasteiger partial charge in [-0.3, -0.25) is 0 Å². The van der Waals surface area contributed by atoms with E-state index in [2.05, 4.69) is 164 Å². The first-order valence-electron chi connectivity index (χ1n) is 23.8. The van der Waals surface area contributed by atoms with Crippen LogP contribution in [0, 0.1) is 0 Å². The molecule has 0 amide bonds. The summed E-state index contributed by atoms with van der Waals surface area (Å²) in [6, 6.07) is 64.1. The van der Waals surface area contributed by atoms with Crippen LogP contribution >= 0.6 is 0 Å². The van der Waals surface area contributed by atoms with Crippen molar-refractivity contribution in [2.45, 2.75) is 0 Å². The smallest absolute Gasteiger partial charge is 0.123 e. The molecule has 0 aliphatic heterocycles. The number of hydrogen-bond donors (Lipinski definition) is 0. The van der Waals surface area contributed by atoms with Crippen LogP contribution < -0.4 is 28.4 Å². The predicted molar refractivity (Wildman–Crippen MR) is 298 cm³/mol. The molecule has 0 radical (unpaired) electrons. The highest BCUT2D eigenvalue weighted by atomic mass is 16.5. The Kier molecular flexibility index (Phi) is 13.6. The molecule has 0 spiro atoms. The molecule has 0 fully saturated rings. The molecular formula is C66H54O6. The molecule has 10 rings (SSSR count). The summed E-state index contributed by atoms with van der Waals surface area (Å²) in [5.41, 5.74) is 19.8. The standard InChI is InChI=1S/C66H54O6/c1-67-52-28-43(29-53(40-52)68-2)22-25-46-37-64(61-19-13-7-10-16-58(46)61)49-34-50(65-38-47(59-17-11-8-14-20-62(59)65)26-23-44-30-54(69-3)41-55(31-44)70-4)36-51(35-49)66-39-48(60-18-12-9-15-21-63(60)66)27-24-45-32-56(71-5)42-57(33-45)72-6/h7-42H,1-6H3/b25-22+,26-23+,27-24+. The van der Waals surface area contributed by atoms with Gasteiger partial charge in [0.15, 0.2) is 0 Å². The van der Waals surface area contributed by atoms with E-state index in [9.17, 15) is 0 Å². The number of ether oxygens (including phenoxy) is 6. The van der Waals surface area contributed by atoms with Gasteiger partial charge in [0.25, 0.3) is 0 Å². The van der Waals surface area contributed by atoms with Crippen molar-refractivity contribution in [2.75, 3.05) is 42.7 Å². The van der Waals surface area contributed by atoms with Crippen LogP contribution in [0.25, 0.3) is 103 Å². The normalized spacial score (nSPS) is 11.6. The number of methoxy groups -OCH3 is 6. The van der Waals surface area contributed by atoms with E-state index in [1.807, 2.05) is 54.6 Å². The number of hydrogen-bond acceptors (Lipinski definition) is 6. The molecule has 6 aliphatic rings. The maximum Gasteiger partial charge on any atom is 0.123 e. The summed E-state index contributed by atoms with van der Waals surface area (Å²) in [5.74, 6) is 4.41. The zero-order valence-electron chi connectivity index (χ0n) is 41.2. The van der Waals surface area contributed by atoms with Gasteiger partial charge in [-0.05, 0) is 173 Å². The molecule has 6 heteroatoms. The van der Waals surface area contributed by atoms with E-state index in [-0.39, 0.29) is 0 Å². The lowest BCUT2D eigenvalue weighted by Gasteiger charge is -2.12. The zero-order valence-corrected chi connectivity index (χ0v) is 41.2. The van der Waals surface area contributed by atoms with Gasteiger partial charge in [0.2, 0.25) is 0 Å². The minimum Gasteiger partial charge on any atom is -0.497 e. The van der Waals surface area contributed by atoms with Crippen LogP contribution in [0.4, 0.5) is 0 Å². The molecule has 6 nitrogen and oxygen atoms in total. The van der Waals surface area contributed by atoms with Crippen molar-refractivity contribution in [3.63, 3.8) is 0 Å². The van der Waals surface area contributed by atoms with Gasteiger partial charge in [-0.1, -0.05) is 127 Å². The third kappa shape index (κ3) is 9.76. The lowest BCUT2D eigenvalue weighted by atomic mass is 9.91. The maximum atomic E-state index is 5.62. The van der Waals surface area contributed by atoms with Gasteiger partial charge in [-0.25, -0.2) is 0 Å². The average molecular weight is 943 g/mol. The highest BCUT2D eigenvalue weighted by Crippen LogP contribution is 2.48. The monoisotopic (exact) mass is 942 g/mol. The van der Waals surface area contributed by atoms with Crippen LogP contribution in [0.3, 0.4) is 0 Å². The fourth-order valence-corrected chi connectivity index (χ4v) is 9.59. The first kappa shape index (κ1) is 46.7. The average Bonchev–Trinajstić information content (AvgIpc) is 3.77. The highest BCUT2D eigenvalue weighted by Gasteiger charge is 2.22. The third-order valence-corrected chi connectivity index (χ3v) is 13.2. The molecule has 4 aromatic carbocycles. The molecule has 0 N–H and O–H groups in total. The van der Waals surface area contributed by atoms with Crippen molar-refractivity contribution >= 4 is 36.5 Å². The molecule has 0 bridgehead atoms. The van der Waals surface area contributed by atoms with Gasteiger partial charge in [0.05, 0.1) is 42.7 Å². The van der Waals surface area contributed by atoms with E-state index in [4.69, 9.17) is 28.4 Å². The Morgan fingerprint density at radius 2 is 0.458 bits per heavy atom. The van der Waals surface area contributed by atoms with E-state index in [0.717, 1.165) is 135 Å². The summed E-state index contributed by atoms with van der Waals surface area (Å²) in [6.45, 7) is 0. The summed E-state index contributed by atoms with van der Waals surface area (Å²) in [7, 11) is 10.0. The maximum absolute atomic E-state index is 5.62. The van der Waals surface area contributed by atoms with Gasteiger partial charge in [0.1, 0.15) is 34.5 Å². The molecular weight excluding hydrogens is 889 g/mol. The predicted octanol–water partition coefficient (Wildman–Crippen LogP) is 16.6. The first-order chi connectivity index (χ1) is 35.3. The first-order valence-corrected chi connectivity index (χ1v) is 23.8. The van der Waals surface area contributed by atoms with Crippen molar-refractivity contribution in [1.29, 1.82) is 0 Å². The van der Waals surface area contributed by atoms with Crippen LogP contribution in [-0.4, -0.2) is 42.7 Å². The summed E-state index contributed by atoms with van der Waals surface area (Å²) in [6.07, 6.45) is 12.9. The zero-order chi connectivity index (χ0) is 49.6. The summed E-state index contributed by atoms with van der Waals surface area (Å²) >= 11 is 0. The molecule has 4 aromatic rings. The molecule has 0 unspecified atom stereocenters. The minimum absolute atomic E-state index is 0.735. The molecule has 6 aliphatic carbocycles. The molecule has 354 valence electrons. The second-order valence-electron chi connectivity index (χ2n) is 17.5. The van der Waals surface area contributed by atoms with Crippen molar-refractivity contribution in [2.24, 2.45) is 0 Å². The van der Waals surface area contributed by atoms with E-state index < -0.39 is 0 Å². The number of fused-ring (bicyclic) bond motifs is 3. The van der Waals surface area contributed by atoms with Gasteiger partial charge in [-0.2, -0.15) is 0 Å². The van der Waals surface area contributed by atoms with Gasteiger partial charge < -0.3 is 28.4 Å². The molecule has 0 atom stereocenters. The van der Waals surface area contributed by atoms with Gasteiger partial charge in [0, 0.05) is 18.2 Å². The van der Waals surface area contributed by atoms with Crippen LogP contribution in [0.1, 0.15) is 33.4 Å². The molecule has 0 saturated carbocycles. The Bertz CT molecular complexity index is 3110. The highest BCUT2D eigenvalue weighted by molar-refractivity contribution is 6.02. The summed E-state index contributed by atoms with van der Waals surface area (Å²) in [5, 5.41) is 0. The number of rotatable bonds is 15. The molecule has 72 heavy (non-hydrogen) atoms. The van der Waals surface area contributed by atoms with Gasteiger partial charge >= 0.3 is 0 Å². The third-order valence-electron chi connectivity index (χ3n) is 13.2. The second kappa shape index (κ2) is 20.9. The Balaban J connectivity index is 1.18. The lowest BCUT2D eigenvalue weighted by Crippen LogP contribution is -1.88. The van der Waals surface area contributed by atoms with E-state index in [0.29, 0.717) is 0 Å². The van der Waals surface area contributed by atoms with Crippen LogP contribution in [0.5, 0.6) is 34.5 Å². The van der Waals surface area contributed by atoms with E-state index in [1.165, 1.54) is 0 Å². The quantitative estimate of drug-likeness (QED) is 0.102. The summed E-state index contributed by atoms with van der Waals surface area (Å²) in [4.78, 5) is 0. The molecule has 0 saturated heterocycles. The van der Waals surface area contributed by atoms with Crippen LogP contribution in [-0.2, 0) is 0 Å². The SMILES string of the molecule is COc1cc(/C=C/c2cc(-c3cc(-c4cc(/C=C/c5cc(OC)cc(OC)c5)c5cccccc4-5)cc(-c4cc(/C=C/c5cc(OC)cc(OC)c5)c5cccccc4-5)c3)c3cccccc2-3)cc(OC)c1. The Hall–Kier alpha value is -9.00. The van der Waals surface area contributed by atoms with Crippen molar-refractivity contribution in [1.82, 2.24) is 0 Å². The second-order valence-corrected chi connectivity index (χ2v) is 17.5. The van der Waals surface area contributed by atoms with Crippen LogP contribution in [0.15, 0.2) is 182 Å². The van der Waals surface area contributed by atoms with Crippen molar-refractivity contribution in [3.8, 4) is 101 Å². The fourth-order valence-electron chi connectivity index (χ4n) is 9.59. The largest absolute Gasteiger partial charge is 0.497 e. The Morgan fingerprint density at radius 1 is 0.222 bits per heavy atom. The Labute approximate surface area is 422 Å². The minimum atomic E-state index is 0.735. The van der Waals surface area contributed by atoms with Gasteiger partial charge in [-0.15, -0.1) is 0 Å². The Morgan fingerprint density at radius 3 is 0.694 bits per heavy atom. The van der Waals surface area contributed by atoms with E-state index in [1.54, 1.807) is 42.7 Å². The lowest BCUT2D eigenvalue weighted by molar-refractivity contribution is 0.394. The molecule has 0 heterocycles. The molecule has 0 aromatic heterocycles. The summed E-state index contributed by atoms with van der Waals surface area (Å²) < 4.78 is 33.7.